The molecule has 1 fully saturated rings. The number of β-amino-alcohol motifs (C(OH)–C–C–N with tert-alkyl or cyclic N) is 1. The highest BCUT2D eigenvalue weighted by Gasteiger charge is 2.40. The monoisotopic (exact) mass is 325 g/mol. The predicted molar refractivity (Wildman–Crippen MR) is 92.9 cm³/mol. The first kappa shape index (κ1) is 16.5. The second-order valence-corrected chi connectivity index (χ2v) is 6.51. The van der Waals surface area contributed by atoms with Crippen LogP contribution >= 0.6 is 0 Å². The molecule has 3 rings (SSSR count). The molecule has 1 aliphatic heterocycles. The summed E-state index contributed by atoms with van der Waals surface area (Å²) in [6.45, 7) is 4.84. The van der Waals surface area contributed by atoms with Crippen LogP contribution in [0.2, 0.25) is 0 Å². The van der Waals surface area contributed by atoms with Crippen LogP contribution in [0.25, 0.3) is 0 Å². The average molecular weight is 325 g/mol. The number of ether oxygens (including phenoxy) is 1. The van der Waals surface area contributed by atoms with Gasteiger partial charge in [-0.1, -0.05) is 42.0 Å². The highest BCUT2D eigenvalue weighted by atomic mass is 16.5. The van der Waals surface area contributed by atoms with E-state index in [1.54, 1.807) is 4.90 Å². The zero-order valence-corrected chi connectivity index (χ0v) is 14.2. The number of aryl methyl sites for hydroxylation is 2. The number of hydrogen-bond acceptors (Lipinski definition) is 3. The largest absolute Gasteiger partial charge is 0.484 e. The van der Waals surface area contributed by atoms with E-state index < -0.39 is 5.60 Å². The Morgan fingerprint density at radius 2 is 1.88 bits per heavy atom. The molecule has 126 valence electrons. The van der Waals surface area contributed by atoms with Crippen molar-refractivity contribution in [1.29, 1.82) is 0 Å². The summed E-state index contributed by atoms with van der Waals surface area (Å²) in [6, 6.07) is 15.4. The molecule has 2 aromatic rings. The average Bonchev–Trinajstić information content (AvgIpc) is 2.98. The maximum Gasteiger partial charge on any atom is 0.260 e. The fraction of sp³-hybridized carbons (Fsp3) is 0.350. The molecule has 0 aliphatic carbocycles. The van der Waals surface area contributed by atoms with Gasteiger partial charge < -0.3 is 14.7 Å². The summed E-state index contributed by atoms with van der Waals surface area (Å²) in [4.78, 5) is 14.1. The number of nitrogens with zero attached hydrogens (tertiary/aromatic N) is 1. The molecular formula is C20H23NO3. The molecule has 0 radical (unpaired) electrons. The summed E-state index contributed by atoms with van der Waals surface area (Å²) in [5.41, 5.74) is 2.13. The quantitative estimate of drug-likeness (QED) is 0.940. The van der Waals surface area contributed by atoms with Gasteiger partial charge >= 0.3 is 0 Å². The number of hydrogen-bond donors (Lipinski definition) is 1. The molecule has 4 heteroatoms. The number of carbonyl (C=O) groups excluding carboxylic acids is 1. The molecular weight excluding hydrogens is 302 g/mol. The lowest BCUT2D eigenvalue weighted by Crippen LogP contribution is -2.37. The fourth-order valence-corrected chi connectivity index (χ4v) is 3.19. The van der Waals surface area contributed by atoms with Gasteiger partial charge in [0.05, 0.1) is 6.54 Å². The molecule has 0 aromatic heterocycles. The molecule has 0 spiro atoms. The number of likely N-dealkylation sites (tertiary alicyclic amines) is 1. The van der Waals surface area contributed by atoms with E-state index in [9.17, 15) is 9.90 Å². The topological polar surface area (TPSA) is 49.8 Å². The van der Waals surface area contributed by atoms with Gasteiger partial charge in [-0.3, -0.25) is 4.79 Å². The summed E-state index contributed by atoms with van der Waals surface area (Å²) < 4.78 is 5.56. The smallest absolute Gasteiger partial charge is 0.260 e. The van der Waals surface area contributed by atoms with Crippen LogP contribution < -0.4 is 4.74 Å². The Labute approximate surface area is 142 Å². The summed E-state index contributed by atoms with van der Waals surface area (Å²) in [5, 5.41) is 10.9. The Morgan fingerprint density at radius 3 is 2.58 bits per heavy atom. The minimum atomic E-state index is -0.967. The Kier molecular flexibility index (Phi) is 4.58. The third kappa shape index (κ3) is 3.44. The summed E-state index contributed by atoms with van der Waals surface area (Å²) >= 11 is 0. The minimum absolute atomic E-state index is 0.00703. The van der Waals surface area contributed by atoms with Crippen molar-refractivity contribution in [3.63, 3.8) is 0 Å². The van der Waals surface area contributed by atoms with Gasteiger partial charge in [-0.2, -0.15) is 0 Å². The zero-order chi connectivity index (χ0) is 17.2. The van der Waals surface area contributed by atoms with Crippen LogP contribution in [0.3, 0.4) is 0 Å². The van der Waals surface area contributed by atoms with Gasteiger partial charge in [0.2, 0.25) is 0 Å². The summed E-state index contributed by atoms with van der Waals surface area (Å²) in [7, 11) is 0. The molecule has 1 unspecified atom stereocenters. The Bertz CT molecular complexity index is 726. The Balaban J connectivity index is 1.61. The van der Waals surface area contributed by atoms with Crippen LogP contribution in [0.4, 0.5) is 0 Å². The van der Waals surface area contributed by atoms with Crippen molar-refractivity contribution in [2.75, 3.05) is 19.7 Å². The lowest BCUT2D eigenvalue weighted by molar-refractivity contribution is -0.133. The number of amides is 1. The second-order valence-electron chi connectivity index (χ2n) is 6.51. The van der Waals surface area contributed by atoms with E-state index in [-0.39, 0.29) is 12.5 Å². The molecule has 1 amide bonds. The van der Waals surface area contributed by atoms with Crippen LogP contribution in [-0.2, 0) is 10.4 Å². The third-order valence-corrected chi connectivity index (χ3v) is 4.63. The maximum atomic E-state index is 12.4. The number of carbonyl (C=O) groups is 1. The zero-order valence-electron chi connectivity index (χ0n) is 14.2. The van der Waals surface area contributed by atoms with Crippen molar-refractivity contribution >= 4 is 5.91 Å². The molecule has 2 aromatic carbocycles. The van der Waals surface area contributed by atoms with Gasteiger partial charge in [0.25, 0.3) is 5.91 Å². The van der Waals surface area contributed by atoms with E-state index in [4.69, 9.17) is 4.74 Å². The fourth-order valence-electron chi connectivity index (χ4n) is 3.19. The molecule has 0 bridgehead atoms. The first-order chi connectivity index (χ1) is 11.5. The van der Waals surface area contributed by atoms with E-state index in [1.807, 2.05) is 62.4 Å². The highest BCUT2D eigenvalue weighted by molar-refractivity contribution is 5.78. The number of benzene rings is 2. The second kappa shape index (κ2) is 6.65. The lowest BCUT2D eigenvalue weighted by atomic mass is 9.89. The van der Waals surface area contributed by atoms with Crippen LogP contribution in [0, 0.1) is 13.8 Å². The van der Waals surface area contributed by atoms with E-state index in [0.717, 1.165) is 16.7 Å². The van der Waals surface area contributed by atoms with Gasteiger partial charge in [0, 0.05) is 6.54 Å². The molecule has 24 heavy (non-hydrogen) atoms. The van der Waals surface area contributed by atoms with Gasteiger partial charge in [0.1, 0.15) is 11.4 Å². The Morgan fingerprint density at radius 1 is 1.17 bits per heavy atom. The molecule has 1 N–H and O–H groups in total. The van der Waals surface area contributed by atoms with E-state index in [1.165, 1.54) is 0 Å². The minimum Gasteiger partial charge on any atom is -0.484 e. The van der Waals surface area contributed by atoms with Gasteiger partial charge in [-0.25, -0.2) is 0 Å². The first-order valence-corrected chi connectivity index (χ1v) is 8.24. The van der Waals surface area contributed by atoms with Crippen molar-refractivity contribution in [3.8, 4) is 5.75 Å². The number of aliphatic hydroxyl groups is 1. The standard InChI is InChI=1S/C20H23NO3/c1-15-7-9-17(10-8-15)24-13-19(22)21-12-11-20(23,14-21)18-6-4-3-5-16(18)2/h3-10,23H,11-14H2,1-2H3. The van der Waals surface area contributed by atoms with Crippen LogP contribution in [0.15, 0.2) is 48.5 Å². The summed E-state index contributed by atoms with van der Waals surface area (Å²) in [6.07, 6.45) is 0.550. The van der Waals surface area contributed by atoms with Crippen molar-refractivity contribution in [3.05, 3.63) is 65.2 Å². The van der Waals surface area contributed by atoms with Crippen molar-refractivity contribution in [2.45, 2.75) is 25.9 Å². The lowest BCUT2D eigenvalue weighted by Gasteiger charge is -2.25. The first-order valence-electron chi connectivity index (χ1n) is 8.24. The van der Waals surface area contributed by atoms with E-state index in [2.05, 4.69) is 0 Å². The van der Waals surface area contributed by atoms with Crippen LogP contribution in [-0.4, -0.2) is 35.6 Å². The van der Waals surface area contributed by atoms with Crippen molar-refractivity contribution < 1.29 is 14.6 Å². The predicted octanol–water partition coefficient (Wildman–Crippen LogP) is 2.80. The van der Waals surface area contributed by atoms with Crippen molar-refractivity contribution in [2.24, 2.45) is 0 Å². The SMILES string of the molecule is Cc1ccc(OCC(=O)N2CCC(O)(c3ccccc3C)C2)cc1. The van der Waals surface area contributed by atoms with E-state index >= 15 is 0 Å². The maximum absolute atomic E-state index is 12.4. The summed E-state index contributed by atoms with van der Waals surface area (Å²) in [5.74, 6) is 0.586. The highest BCUT2D eigenvalue weighted by Crippen LogP contribution is 2.33. The normalized spacial score (nSPS) is 20.2. The molecule has 1 atom stereocenters. The van der Waals surface area contributed by atoms with E-state index in [0.29, 0.717) is 25.3 Å². The molecule has 1 heterocycles. The third-order valence-electron chi connectivity index (χ3n) is 4.63. The van der Waals surface area contributed by atoms with Crippen molar-refractivity contribution in [1.82, 2.24) is 4.90 Å². The van der Waals surface area contributed by atoms with Gasteiger partial charge in [-0.15, -0.1) is 0 Å². The van der Waals surface area contributed by atoms with Gasteiger partial charge in [-0.05, 0) is 43.5 Å². The molecule has 1 saturated heterocycles. The van der Waals surface area contributed by atoms with Crippen LogP contribution in [0.5, 0.6) is 5.75 Å². The molecule has 0 saturated carbocycles. The number of rotatable bonds is 4. The molecule has 4 nitrogen and oxygen atoms in total. The molecule has 1 aliphatic rings. The Hall–Kier alpha value is -2.33. The van der Waals surface area contributed by atoms with Gasteiger partial charge in [0.15, 0.2) is 6.61 Å². The van der Waals surface area contributed by atoms with Crippen LogP contribution in [0.1, 0.15) is 23.1 Å².